The molecule has 9 rings (SSSR count). The lowest BCUT2D eigenvalue weighted by Crippen LogP contribution is -2.64. The third kappa shape index (κ3) is 8.90. The van der Waals surface area contributed by atoms with Crippen LogP contribution >= 0.6 is 0 Å². The molecule has 0 spiro atoms. The lowest BCUT2D eigenvalue weighted by molar-refractivity contribution is -0.155. The van der Waals surface area contributed by atoms with Crippen molar-refractivity contribution in [2.24, 2.45) is 0 Å². The highest BCUT2D eigenvalue weighted by Crippen LogP contribution is 2.44. The Bertz CT molecular complexity index is 2960. The van der Waals surface area contributed by atoms with Gasteiger partial charge in [-0.2, -0.15) is 0 Å². The minimum absolute atomic E-state index is 0.0923. The smallest absolute Gasteiger partial charge is 0.347 e. The van der Waals surface area contributed by atoms with Crippen molar-refractivity contribution in [3.05, 3.63) is 216 Å². The molecule has 12 nitrogen and oxygen atoms in total. The molecular weight excluding hydrogens is 877 g/mol. The quantitative estimate of drug-likeness (QED) is 0.0503. The second kappa shape index (κ2) is 21.1. The van der Waals surface area contributed by atoms with Gasteiger partial charge in [0.25, 0.3) is 5.91 Å². The summed E-state index contributed by atoms with van der Waals surface area (Å²) in [6.45, 7) is 2.31. The number of carbonyl (C=O) groups excluding carboxylic acids is 3. The van der Waals surface area contributed by atoms with Crippen LogP contribution in [-0.2, 0) is 24.6 Å². The fraction of sp³-hybridized carbons (Fsp3) is 0.207. The van der Waals surface area contributed by atoms with Crippen LogP contribution in [0.1, 0.15) is 71.3 Å². The van der Waals surface area contributed by atoms with Crippen LogP contribution in [0.2, 0.25) is 0 Å². The van der Waals surface area contributed by atoms with E-state index in [-0.39, 0.29) is 37.9 Å². The van der Waals surface area contributed by atoms with E-state index >= 15 is 0 Å². The van der Waals surface area contributed by atoms with Gasteiger partial charge >= 0.3 is 5.97 Å². The molecular formula is C58H54N6O6. The minimum Gasteiger partial charge on any atom is -0.467 e. The lowest BCUT2D eigenvalue weighted by Gasteiger charge is -2.39. The summed E-state index contributed by atoms with van der Waals surface area (Å²) in [5, 5.41) is 17.3. The van der Waals surface area contributed by atoms with Gasteiger partial charge in [0.15, 0.2) is 24.1 Å². The Morgan fingerprint density at radius 3 is 1.80 bits per heavy atom. The number of likely N-dealkylation sites (tertiary alicyclic amines) is 1. The number of nitrogens with zero attached hydrogens (tertiary/aromatic N) is 5. The lowest BCUT2D eigenvalue weighted by atomic mass is 9.77. The zero-order valence-electron chi connectivity index (χ0n) is 39.4. The summed E-state index contributed by atoms with van der Waals surface area (Å²) in [6, 6.07) is 60.4. The van der Waals surface area contributed by atoms with E-state index in [9.17, 15) is 14.4 Å². The third-order valence-corrected chi connectivity index (χ3v) is 13.1. The largest absolute Gasteiger partial charge is 0.467 e. The molecule has 1 aliphatic rings. The van der Waals surface area contributed by atoms with Gasteiger partial charge in [0, 0.05) is 36.8 Å². The number of tetrazole rings is 1. The van der Waals surface area contributed by atoms with E-state index in [0.717, 1.165) is 44.5 Å². The van der Waals surface area contributed by atoms with Crippen LogP contribution in [0.4, 0.5) is 0 Å². The maximum Gasteiger partial charge on any atom is 0.347 e. The Morgan fingerprint density at radius 1 is 0.671 bits per heavy atom. The van der Waals surface area contributed by atoms with Gasteiger partial charge in [0.05, 0.1) is 13.2 Å². The number of nitrogens with one attached hydrogen (secondary N) is 1. The van der Waals surface area contributed by atoms with Crippen LogP contribution in [0.3, 0.4) is 0 Å². The normalized spacial score (nSPS) is 15.0. The molecule has 2 atom stereocenters. The molecule has 1 amide bonds. The Hall–Kier alpha value is -8.06. The molecule has 8 aromatic rings. The zero-order chi connectivity index (χ0) is 48.5. The number of ether oxygens (including phenoxy) is 3. The second-order valence-electron chi connectivity index (χ2n) is 17.2. The summed E-state index contributed by atoms with van der Waals surface area (Å²) < 4.78 is 18.3. The van der Waals surface area contributed by atoms with Gasteiger partial charge in [0.2, 0.25) is 0 Å². The van der Waals surface area contributed by atoms with Crippen molar-refractivity contribution in [1.29, 1.82) is 0 Å². The van der Waals surface area contributed by atoms with Crippen LogP contribution in [0.15, 0.2) is 188 Å². The minimum atomic E-state index is -1.62. The summed E-state index contributed by atoms with van der Waals surface area (Å²) in [4.78, 5) is 44.5. The van der Waals surface area contributed by atoms with Gasteiger partial charge < -0.3 is 19.1 Å². The molecule has 0 radical (unpaired) electrons. The van der Waals surface area contributed by atoms with Crippen molar-refractivity contribution in [1.82, 2.24) is 30.4 Å². The first kappa shape index (κ1) is 47.0. The number of esters is 1. The molecule has 0 saturated carbocycles. The van der Waals surface area contributed by atoms with E-state index < -0.39 is 23.2 Å². The number of methoxy groups -OCH3 is 2. The molecule has 0 unspecified atom stereocenters. The third-order valence-electron chi connectivity index (χ3n) is 13.1. The van der Waals surface area contributed by atoms with E-state index in [4.69, 9.17) is 24.5 Å². The van der Waals surface area contributed by atoms with E-state index in [1.807, 2.05) is 151 Å². The van der Waals surface area contributed by atoms with Gasteiger partial charge in [0.1, 0.15) is 11.3 Å². The monoisotopic (exact) mass is 930 g/mol. The van der Waals surface area contributed by atoms with Crippen LogP contribution in [0.25, 0.3) is 33.6 Å². The van der Waals surface area contributed by atoms with Gasteiger partial charge in [-0.1, -0.05) is 177 Å². The highest BCUT2D eigenvalue weighted by molar-refractivity contribution is 5.99. The van der Waals surface area contributed by atoms with Crippen molar-refractivity contribution in [2.75, 3.05) is 27.6 Å². The van der Waals surface area contributed by atoms with E-state index in [1.165, 1.54) is 12.0 Å². The number of carbonyl (C=O) groups is 3. The topological polar surface area (TPSA) is 138 Å². The number of rotatable bonds is 18. The van der Waals surface area contributed by atoms with Crippen LogP contribution in [-0.4, -0.2) is 76.0 Å². The molecule has 0 aliphatic carbocycles. The first-order valence-electron chi connectivity index (χ1n) is 23.5. The number of hydrogen-bond acceptors (Lipinski definition) is 10. The number of aromatic nitrogens is 4. The molecule has 352 valence electrons. The molecule has 0 bridgehead atoms. The number of hydrogen-bond donors (Lipinski definition) is 1. The fourth-order valence-electron chi connectivity index (χ4n) is 9.84. The molecule has 2 heterocycles. The number of Topliss-reactive ketones (excluding diaryl/α,β-unsaturated/α-hetero) is 1. The Kier molecular flexibility index (Phi) is 14.2. The molecule has 1 aliphatic heterocycles. The zero-order valence-corrected chi connectivity index (χ0v) is 39.4. The highest BCUT2D eigenvalue weighted by atomic mass is 16.7. The number of benzene rings is 7. The van der Waals surface area contributed by atoms with Crippen LogP contribution < -0.4 is 10.1 Å². The van der Waals surface area contributed by atoms with Crippen LogP contribution in [0.5, 0.6) is 5.75 Å². The SMILES string of the molecule is CCCC(=O)[C@@H](N[C@@]1(C(=O)OC)CCCN1C(=O)c1ccc(-c2ccccc2OCOC)cc1)c1ccc(-c2ccccc2-c2nnnn2C(c2ccccc2)(c2ccccc2)c2ccccc2)cc1. The predicted molar refractivity (Wildman–Crippen MR) is 268 cm³/mol. The van der Waals surface area contributed by atoms with Crippen molar-refractivity contribution in [3.63, 3.8) is 0 Å². The Labute approximate surface area is 407 Å². The maximum absolute atomic E-state index is 14.5. The van der Waals surface area contributed by atoms with E-state index in [2.05, 4.69) is 46.9 Å². The van der Waals surface area contributed by atoms with Gasteiger partial charge in [-0.15, -0.1) is 5.10 Å². The summed E-state index contributed by atoms with van der Waals surface area (Å²) in [6.07, 6.45) is 1.60. The van der Waals surface area contributed by atoms with Gasteiger partial charge in [-0.3, -0.25) is 14.9 Å². The summed E-state index contributed by atoms with van der Waals surface area (Å²) >= 11 is 0. The number of amides is 1. The van der Waals surface area contributed by atoms with Gasteiger partial charge in [-0.25, -0.2) is 9.48 Å². The van der Waals surface area contributed by atoms with Crippen molar-refractivity contribution in [2.45, 2.75) is 49.9 Å². The fourth-order valence-corrected chi connectivity index (χ4v) is 9.84. The molecule has 1 fully saturated rings. The maximum atomic E-state index is 14.5. The van der Waals surface area contributed by atoms with Gasteiger partial charge in [-0.05, 0) is 86.8 Å². The molecule has 12 heteroatoms. The highest BCUT2D eigenvalue weighted by Gasteiger charge is 2.53. The molecule has 1 saturated heterocycles. The first-order valence-corrected chi connectivity index (χ1v) is 23.5. The number of ketones is 1. The first-order chi connectivity index (χ1) is 34.3. The number of para-hydroxylation sites is 1. The average molecular weight is 931 g/mol. The Morgan fingerprint density at radius 2 is 1.21 bits per heavy atom. The summed E-state index contributed by atoms with van der Waals surface area (Å²) in [5.74, 6) is 0.0730. The summed E-state index contributed by atoms with van der Waals surface area (Å²) in [7, 11) is 2.87. The standard InChI is InChI=1S/C58H54N6O6/c1-4-19-51(65)53(59-57(56(67)69-3)38-18-39-63(57)55(66)44-36-32-42(33-37-44)49-27-16-17-29-52(49)70-40-68-2)43-34-30-41(31-35-43)48-26-14-15-28-50(48)54-60-61-62-64(54)58(45-20-8-5-9-21-45,46-22-10-6-11-23-46)47-24-12-7-13-25-47/h5-17,20-37,53,59H,4,18-19,38-40H2,1-3H3/t53-,57-/m0/s1. The Balaban J connectivity index is 1.06. The van der Waals surface area contributed by atoms with E-state index in [0.29, 0.717) is 35.5 Å². The van der Waals surface area contributed by atoms with Crippen molar-refractivity contribution < 1.29 is 28.6 Å². The van der Waals surface area contributed by atoms with Crippen molar-refractivity contribution in [3.8, 4) is 39.4 Å². The molecule has 1 N–H and O–H groups in total. The molecule has 70 heavy (non-hydrogen) atoms. The van der Waals surface area contributed by atoms with Crippen LogP contribution in [0, 0.1) is 0 Å². The second-order valence-corrected chi connectivity index (χ2v) is 17.2. The average Bonchev–Trinajstić information content (AvgIpc) is 4.10. The predicted octanol–water partition coefficient (Wildman–Crippen LogP) is 10.3. The van der Waals surface area contributed by atoms with Crippen molar-refractivity contribution >= 4 is 17.7 Å². The summed E-state index contributed by atoms with van der Waals surface area (Å²) in [5.41, 5.74) is 5.60. The van der Waals surface area contributed by atoms with E-state index in [1.54, 1.807) is 19.2 Å². The molecule has 7 aromatic carbocycles. The molecule has 1 aromatic heterocycles.